The van der Waals surface area contributed by atoms with Crippen LogP contribution in [-0.4, -0.2) is 34.8 Å². The molecule has 4 heteroatoms. The summed E-state index contributed by atoms with van der Waals surface area (Å²) in [6.07, 6.45) is 0.764. The summed E-state index contributed by atoms with van der Waals surface area (Å²) in [5, 5.41) is 10.7. The number of carbonyl (C=O) groups excluding carboxylic acids is 1. The fourth-order valence-electron chi connectivity index (χ4n) is 2.79. The van der Waals surface area contributed by atoms with E-state index in [1.807, 2.05) is 52.0 Å². The van der Waals surface area contributed by atoms with Gasteiger partial charge >= 0.3 is 6.09 Å². The smallest absolute Gasteiger partial charge is 0.410 e. The van der Waals surface area contributed by atoms with Crippen LogP contribution < -0.4 is 0 Å². The molecule has 2 rings (SSSR count). The van der Waals surface area contributed by atoms with Crippen molar-refractivity contribution in [2.45, 2.75) is 57.8 Å². The summed E-state index contributed by atoms with van der Waals surface area (Å²) >= 11 is 0. The molecular weight excluding hydrogens is 266 g/mol. The van der Waals surface area contributed by atoms with Crippen molar-refractivity contribution in [2.24, 2.45) is 0 Å². The van der Waals surface area contributed by atoms with Gasteiger partial charge in [0.1, 0.15) is 5.60 Å². The molecule has 0 bridgehead atoms. The Balaban J connectivity index is 2.00. The molecule has 0 atom stereocenters. The Hall–Kier alpha value is -1.55. The Morgan fingerprint density at radius 1 is 1.33 bits per heavy atom. The lowest BCUT2D eigenvalue weighted by atomic mass is 9.70. The molecule has 1 amide bonds. The third kappa shape index (κ3) is 3.38. The van der Waals surface area contributed by atoms with E-state index in [4.69, 9.17) is 4.74 Å². The maximum atomic E-state index is 12.0. The number of benzene rings is 1. The number of hydrogen-bond donors (Lipinski definition) is 1. The zero-order chi connectivity index (χ0) is 15.8. The number of aliphatic hydroxyl groups is 1. The quantitative estimate of drug-likeness (QED) is 0.910. The van der Waals surface area contributed by atoms with Crippen molar-refractivity contribution in [1.29, 1.82) is 0 Å². The first-order valence-corrected chi connectivity index (χ1v) is 7.37. The zero-order valence-corrected chi connectivity index (χ0v) is 13.5. The molecule has 1 aromatic carbocycles. The Kier molecular flexibility index (Phi) is 4.02. The number of ether oxygens (including phenoxy) is 1. The van der Waals surface area contributed by atoms with Gasteiger partial charge in [-0.25, -0.2) is 4.79 Å². The van der Waals surface area contributed by atoms with Gasteiger partial charge in [-0.1, -0.05) is 24.3 Å². The van der Waals surface area contributed by atoms with E-state index >= 15 is 0 Å². The first kappa shape index (κ1) is 15.8. The molecule has 0 saturated heterocycles. The predicted octanol–water partition coefficient (Wildman–Crippen LogP) is 3.21. The lowest BCUT2D eigenvalue weighted by molar-refractivity contribution is -0.0930. The molecule has 0 aromatic heterocycles. The number of nitrogens with zero attached hydrogens (tertiary/aromatic N) is 1. The molecule has 4 nitrogen and oxygen atoms in total. The Morgan fingerprint density at radius 3 is 2.43 bits per heavy atom. The highest BCUT2D eigenvalue weighted by atomic mass is 16.6. The van der Waals surface area contributed by atoms with Crippen molar-refractivity contribution in [3.8, 4) is 0 Å². The van der Waals surface area contributed by atoms with E-state index in [2.05, 4.69) is 0 Å². The van der Waals surface area contributed by atoms with Gasteiger partial charge in [0, 0.05) is 25.9 Å². The minimum absolute atomic E-state index is 0.0180. The van der Waals surface area contributed by atoms with Gasteiger partial charge in [-0.15, -0.1) is 0 Å². The Morgan fingerprint density at radius 2 is 1.90 bits per heavy atom. The first-order chi connectivity index (χ1) is 9.62. The summed E-state index contributed by atoms with van der Waals surface area (Å²) in [6.45, 7) is 7.55. The minimum Gasteiger partial charge on any atom is -0.444 e. The van der Waals surface area contributed by atoms with Gasteiger partial charge in [0.2, 0.25) is 0 Å². The van der Waals surface area contributed by atoms with Crippen molar-refractivity contribution in [1.82, 2.24) is 4.90 Å². The average Bonchev–Trinajstić information content (AvgIpc) is 2.32. The van der Waals surface area contributed by atoms with Crippen molar-refractivity contribution < 1.29 is 14.6 Å². The predicted molar refractivity (Wildman–Crippen MR) is 82.1 cm³/mol. The summed E-state index contributed by atoms with van der Waals surface area (Å²) < 4.78 is 5.36. The van der Waals surface area contributed by atoms with E-state index in [1.54, 1.807) is 11.9 Å². The molecule has 1 N–H and O–H groups in total. The highest BCUT2D eigenvalue weighted by molar-refractivity contribution is 5.68. The molecule has 0 spiro atoms. The van der Waals surface area contributed by atoms with E-state index in [9.17, 15) is 9.90 Å². The number of carbonyl (C=O) groups is 1. The fourth-order valence-corrected chi connectivity index (χ4v) is 2.79. The van der Waals surface area contributed by atoms with Crippen LogP contribution in [0.3, 0.4) is 0 Å². The number of amides is 1. The highest BCUT2D eigenvalue weighted by Gasteiger charge is 2.47. The molecule has 1 saturated carbocycles. The van der Waals surface area contributed by atoms with E-state index in [0.717, 1.165) is 11.1 Å². The van der Waals surface area contributed by atoms with Crippen LogP contribution in [0.2, 0.25) is 0 Å². The molecule has 0 aliphatic heterocycles. The molecule has 1 aromatic rings. The second-order valence-electron chi connectivity index (χ2n) is 7.00. The molecule has 21 heavy (non-hydrogen) atoms. The van der Waals surface area contributed by atoms with Crippen LogP contribution in [0.4, 0.5) is 4.79 Å². The highest BCUT2D eigenvalue weighted by Crippen LogP contribution is 2.44. The number of aryl methyl sites for hydroxylation is 1. The van der Waals surface area contributed by atoms with Crippen LogP contribution in [0.5, 0.6) is 0 Å². The normalized spacial score (nSPS) is 25.1. The molecule has 1 fully saturated rings. The van der Waals surface area contributed by atoms with Crippen LogP contribution >= 0.6 is 0 Å². The standard InChI is InChI=1S/C17H25NO3/c1-12-8-6-7-9-14(12)17(20)10-13(11-17)18(5)15(19)21-16(2,3)4/h6-9,13,20H,10-11H2,1-5H3. The maximum Gasteiger partial charge on any atom is 0.410 e. The number of hydrogen-bond acceptors (Lipinski definition) is 3. The van der Waals surface area contributed by atoms with E-state index in [1.165, 1.54) is 0 Å². The van der Waals surface area contributed by atoms with Crippen molar-refractivity contribution in [2.75, 3.05) is 7.05 Å². The largest absolute Gasteiger partial charge is 0.444 e. The van der Waals surface area contributed by atoms with Gasteiger partial charge in [-0.05, 0) is 38.8 Å². The summed E-state index contributed by atoms with van der Waals surface area (Å²) in [6, 6.07) is 7.87. The van der Waals surface area contributed by atoms with Gasteiger partial charge in [0.05, 0.1) is 5.60 Å². The first-order valence-electron chi connectivity index (χ1n) is 7.37. The SMILES string of the molecule is Cc1ccccc1C1(O)CC(N(C)C(=O)OC(C)(C)C)C1. The third-order valence-electron chi connectivity index (χ3n) is 4.02. The van der Waals surface area contributed by atoms with Gasteiger partial charge in [-0.3, -0.25) is 0 Å². The summed E-state index contributed by atoms with van der Waals surface area (Å²) in [5.74, 6) is 0. The van der Waals surface area contributed by atoms with Gasteiger partial charge in [0.15, 0.2) is 0 Å². The molecule has 1 aliphatic carbocycles. The summed E-state index contributed by atoms with van der Waals surface area (Å²) in [4.78, 5) is 13.6. The lowest BCUT2D eigenvalue weighted by Gasteiger charge is -2.48. The van der Waals surface area contributed by atoms with Gasteiger partial charge in [-0.2, -0.15) is 0 Å². The molecular formula is C17H25NO3. The van der Waals surface area contributed by atoms with Gasteiger partial charge < -0.3 is 14.7 Å². The van der Waals surface area contributed by atoms with Crippen LogP contribution in [0.15, 0.2) is 24.3 Å². The van der Waals surface area contributed by atoms with E-state index < -0.39 is 11.2 Å². The van der Waals surface area contributed by atoms with Crippen LogP contribution in [0, 0.1) is 6.92 Å². The van der Waals surface area contributed by atoms with Crippen LogP contribution in [-0.2, 0) is 10.3 Å². The zero-order valence-electron chi connectivity index (χ0n) is 13.5. The molecule has 116 valence electrons. The van der Waals surface area contributed by atoms with Gasteiger partial charge in [0.25, 0.3) is 0 Å². The molecule has 0 radical (unpaired) electrons. The summed E-state index contributed by atoms with van der Waals surface area (Å²) in [7, 11) is 1.73. The maximum absolute atomic E-state index is 12.0. The van der Waals surface area contributed by atoms with Crippen molar-refractivity contribution in [3.05, 3.63) is 35.4 Å². The van der Waals surface area contributed by atoms with E-state index in [0.29, 0.717) is 12.8 Å². The number of rotatable bonds is 2. The molecule has 1 aliphatic rings. The van der Waals surface area contributed by atoms with E-state index in [-0.39, 0.29) is 12.1 Å². The van der Waals surface area contributed by atoms with Crippen LogP contribution in [0.1, 0.15) is 44.7 Å². The lowest BCUT2D eigenvalue weighted by Crippen LogP contribution is -2.54. The molecule has 0 unspecified atom stereocenters. The fraction of sp³-hybridized carbons (Fsp3) is 0.588. The monoisotopic (exact) mass is 291 g/mol. The van der Waals surface area contributed by atoms with Crippen molar-refractivity contribution >= 4 is 6.09 Å². The van der Waals surface area contributed by atoms with Crippen molar-refractivity contribution in [3.63, 3.8) is 0 Å². The minimum atomic E-state index is -0.827. The second kappa shape index (κ2) is 5.34. The Bertz CT molecular complexity index is 527. The second-order valence-corrected chi connectivity index (χ2v) is 7.00. The third-order valence-corrected chi connectivity index (χ3v) is 4.02. The average molecular weight is 291 g/mol. The molecule has 0 heterocycles. The van der Waals surface area contributed by atoms with Crippen LogP contribution in [0.25, 0.3) is 0 Å². The topological polar surface area (TPSA) is 49.8 Å². The Labute approximate surface area is 126 Å². The summed E-state index contributed by atoms with van der Waals surface area (Å²) in [5.41, 5.74) is 0.713.